The van der Waals surface area contributed by atoms with E-state index in [1.807, 2.05) is 37.3 Å². The highest BCUT2D eigenvalue weighted by atomic mass is 32.2. The van der Waals surface area contributed by atoms with Crippen LogP contribution < -0.4 is 4.72 Å². The number of unbranched alkanes of at least 4 members (excludes halogenated alkanes) is 1. The molecule has 20 heavy (non-hydrogen) atoms. The molecule has 0 spiro atoms. The maximum Gasteiger partial charge on any atom is 0.212 e. The minimum Gasteiger partial charge on any atom is -0.467 e. The average Bonchev–Trinajstić information content (AvgIpc) is 2.98. The van der Waals surface area contributed by atoms with Crippen LogP contribution in [0.1, 0.15) is 37.1 Å². The summed E-state index contributed by atoms with van der Waals surface area (Å²) in [5.41, 5.74) is 0.863. The van der Waals surface area contributed by atoms with Crippen LogP contribution in [0, 0.1) is 0 Å². The first kappa shape index (κ1) is 14.8. The molecule has 0 saturated carbocycles. The van der Waals surface area contributed by atoms with Gasteiger partial charge in [0.1, 0.15) is 11.8 Å². The van der Waals surface area contributed by atoms with Gasteiger partial charge in [-0.3, -0.25) is 0 Å². The molecule has 5 heteroatoms. The Labute approximate surface area is 119 Å². The van der Waals surface area contributed by atoms with E-state index in [0.29, 0.717) is 12.2 Å². The van der Waals surface area contributed by atoms with Gasteiger partial charge in [-0.2, -0.15) is 0 Å². The SMILES string of the molecule is CCCCS(=O)(=O)N[C@H](c1ccccc1)c1ccco1. The first-order valence-corrected chi connectivity index (χ1v) is 8.36. The molecule has 1 aromatic heterocycles. The van der Waals surface area contributed by atoms with Gasteiger partial charge in [0.15, 0.2) is 0 Å². The summed E-state index contributed by atoms with van der Waals surface area (Å²) >= 11 is 0. The second-order valence-electron chi connectivity index (χ2n) is 4.65. The van der Waals surface area contributed by atoms with E-state index in [2.05, 4.69) is 4.72 Å². The summed E-state index contributed by atoms with van der Waals surface area (Å²) in [6.07, 6.45) is 3.04. The van der Waals surface area contributed by atoms with E-state index < -0.39 is 16.1 Å². The van der Waals surface area contributed by atoms with Crippen LogP contribution in [0.3, 0.4) is 0 Å². The normalized spacial score (nSPS) is 13.2. The van der Waals surface area contributed by atoms with Gasteiger partial charge in [0, 0.05) is 0 Å². The predicted molar refractivity (Wildman–Crippen MR) is 78.8 cm³/mol. The molecular formula is C15H19NO3S. The molecule has 1 heterocycles. The molecule has 1 N–H and O–H groups in total. The van der Waals surface area contributed by atoms with Crippen LogP contribution in [0.5, 0.6) is 0 Å². The number of benzene rings is 1. The lowest BCUT2D eigenvalue weighted by Crippen LogP contribution is -2.31. The molecule has 0 aliphatic rings. The van der Waals surface area contributed by atoms with Gasteiger partial charge in [0.2, 0.25) is 10.0 Å². The van der Waals surface area contributed by atoms with E-state index in [1.165, 1.54) is 0 Å². The highest BCUT2D eigenvalue weighted by Gasteiger charge is 2.22. The molecule has 1 aromatic carbocycles. The van der Waals surface area contributed by atoms with Gasteiger partial charge in [0.25, 0.3) is 0 Å². The highest BCUT2D eigenvalue weighted by molar-refractivity contribution is 7.89. The fourth-order valence-corrected chi connectivity index (χ4v) is 3.36. The zero-order valence-corrected chi connectivity index (χ0v) is 12.3. The molecule has 0 bridgehead atoms. The van der Waals surface area contributed by atoms with Crippen molar-refractivity contribution >= 4 is 10.0 Å². The smallest absolute Gasteiger partial charge is 0.212 e. The summed E-state index contributed by atoms with van der Waals surface area (Å²) in [4.78, 5) is 0. The quantitative estimate of drug-likeness (QED) is 0.853. The van der Waals surface area contributed by atoms with Gasteiger partial charge >= 0.3 is 0 Å². The molecule has 2 aromatic rings. The zero-order chi connectivity index (χ0) is 14.4. The summed E-state index contributed by atoms with van der Waals surface area (Å²) in [6, 6.07) is 12.5. The number of sulfonamides is 1. The minimum atomic E-state index is -3.33. The van der Waals surface area contributed by atoms with Crippen LogP contribution in [0.2, 0.25) is 0 Å². The number of rotatable bonds is 7. The summed E-state index contributed by atoms with van der Waals surface area (Å²) in [5.74, 6) is 0.726. The van der Waals surface area contributed by atoms with Crippen LogP contribution >= 0.6 is 0 Å². The van der Waals surface area contributed by atoms with Crippen molar-refractivity contribution in [3.63, 3.8) is 0 Å². The van der Waals surface area contributed by atoms with Crippen molar-refractivity contribution in [3.8, 4) is 0 Å². The summed E-state index contributed by atoms with van der Waals surface area (Å²) in [6.45, 7) is 1.97. The Morgan fingerprint density at radius 1 is 1.15 bits per heavy atom. The molecule has 0 unspecified atom stereocenters. The van der Waals surface area contributed by atoms with Crippen molar-refractivity contribution in [2.75, 3.05) is 5.75 Å². The maximum absolute atomic E-state index is 12.1. The van der Waals surface area contributed by atoms with E-state index in [4.69, 9.17) is 4.42 Å². The van der Waals surface area contributed by atoms with Crippen molar-refractivity contribution in [2.24, 2.45) is 0 Å². The number of nitrogens with one attached hydrogen (secondary N) is 1. The van der Waals surface area contributed by atoms with Crippen LogP contribution in [0.15, 0.2) is 53.1 Å². The Bertz CT molecular complexity index is 606. The first-order chi connectivity index (χ1) is 9.62. The fourth-order valence-electron chi connectivity index (χ4n) is 1.96. The van der Waals surface area contributed by atoms with Crippen molar-refractivity contribution in [2.45, 2.75) is 25.8 Å². The molecule has 0 saturated heterocycles. The Morgan fingerprint density at radius 2 is 1.90 bits per heavy atom. The number of furan rings is 1. The highest BCUT2D eigenvalue weighted by Crippen LogP contribution is 2.23. The molecule has 4 nitrogen and oxygen atoms in total. The van der Waals surface area contributed by atoms with Crippen molar-refractivity contribution < 1.29 is 12.8 Å². The number of hydrogen-bond acceptors (Lipinski definition) is 3. The Hall–Kier alpha value is -1.59. The second-order valence-corrected chi connectivity index (χ2v) is 6.52. The Kier molecular flexibility index (Phi) is 4.98. The van der Waals surface area contributed by atoms with Gasteiger partial charge in [-0.1, -0.05) is 43.7 Å². The fraction of sp³-hybridized carbons (Fsp3) is 0.333. The van der Waals surface area contributed by atoms with E-state index >= 15 is 0 Å². The predicted octanol–water partition coefficient (Wildman–Crippen LogP) is 3.09. The molecule has 0 aliphatic carbocycles. The van der Waals surface area contributed by atoms with Crippen molar-refractivity contribution in [3.05, 3.63) is 60.1 Å². The zero-order valence-electron chi connectivity index (χ0n) is 11.5. The first-order valence-electron chi connectivity index (χ1n) is 6.71. The summed E-state index contributed by atoms with van der Waals surface area (Å²) in [7, 11) is -3.33. The lowest BCUT2D eigenvalue weighted by molar-refractivity contribution is 0.471. The molecular weight excluding hydrogens is 274 g/mol. The molecule has 108 valence electrons. The summed E-state index contributed by atoms with van der Waals surface area (Å²) < 4.78 is 32.3. The molecule has 0 aliphatic heterocycles. The van der Waals surface area contributed by atoms with Crippen molar-refractivity contribution in [1.82, 2.24) is 4.72 Å². The monoisotopic (exact) mass is 293 g/mol. The Morgan fingerprint density at radius 3 is 2.50 bits per heavy atom. The molecule has 1 atom stereocenters. The molecule has 2 rings (SSSR count). The van der Waals surface area contributed by atoms with Gasteiger partial charge in [0.05, 0.1) is 12.0 Å². The largest absolute Gasteiger partial charge is 0.467 e. The second kappa shape index (κ2) is 6.72. The molecule has 0 amide bonds. The van der Waals surface area contributed by atoms with Crippen LogP contribution in [0.25, 0.3) is 0 Å². The van der Waals surface area contributed by atoms with E-state index in [1.54, 1.807) is 18.4 Å². The van der Waals surface area contributed by atoms with Crippen molar-refractivity contribution in [1.29, 1.82) is 0 Å². The van der Waals surface area contributed by atoms with Crippen LogP contribution in [-0.4, -0.2) is 14.2 Å². The molecule has 0 fully saturated rings. The van der Waals surface area contributed by atoms with Gasteiger partial charge in [-0.25, -0.2) is 13.1 Å². The van der Waals surface area contributed by atoms with Gasteiger partial charge in [-0.15, -0.1) is 0 Å². The van der Waals surface area contributed by atoms with E-state index in [0.717, 1.165) is 12.0 Å². The lowest BCUT2D eigenvalue weighted by atomic mass is 10.1. The Balaban J connectivity index is 2.25. The standard InChI is InChI=1S/C15H19NO3S/c1-2-3-12-20(17,18)16-15(14-10-7-11-19-14)13-8-5-4-6-9-13/h4-11,15-16H,2-3,12H2,1H3/t15-/m1/s1. The minimum absolute atomic E-state index is 0.132. The van der Waals surface area contributed by atoms with Gasteiger partial charge < -0.3 is 4.42 Å². The van der Waals surface area contributed by atoms with Crippen LogP contribution in [0.4, 0.5) is 0 Å². The maximum atomic E-state index is 12.1. The molecule has 0 radical (unpaired) electrons. The lowest BCUT2D eigenvalue weighted by Gasteiger charge is -2.17. The summed E-state index contributed by atoms with van der Waals surface area (Å²) in [5, 5.41) is 0. The van der Waals surface area contributed by atoms with E-state index in [-0.39, 0.29) is 5.75 Å². The third-order valence-electron chi connectivity index (χ3n) is 3.02. The topological polar surface area (TPSA) is 59.3 Å². The van der Waals surface area contributed by atoms with Gasteiger partial charge in [-0.05, 0) is 24.1 Å². The van der Waals surface area contributed by atoms with Crippen LogP contribution in [-0.2, 0) is 10.0 Å². The van der Waals surface area contributed by atoms with E-state index in [9.17, 15) is 8.42 Å². The third kappa shape index (κ3) is 3.95. The average molecular weight is 293 g/mol. The third-order valence-corrected chi connectivity index (χ3v) is 4.45. The number of hydrogen-bond donors (Lipinski definition) is 1.